The van der Waals surface area contributed by atoms with E-state index in [1.807, 2.05) is 0 Å². The van der Waals surface area contributed by atoms with Crippen LogP contribution < -0.4 is 0 Å². The van der Waals surface area contributed by atoms with Crippen molar-refractivity contribution in [3.8, 4) is 0 Å². The van der Waals surface area contributed by atoms with Gasteiger partial charge in [0.25, 0.3) is 0 Å². The molecule has 120 valence electrons. The molecule has 0 fully saturated rings. The molecular formula is C17H16FNO4. The first kappa shape index (κ1) is 16.6. The summed E-state index contributed by atoms with van der Waals surface area (Å²) in [4.78, 5) is 37.4. The van der Waals surface area contributed by atoms with Crippen molar-refractivity contribution in [2.45, 2.75) is 19.8 Å². The monoisotopic (exact) mass is 317 g/mol. The zero-order valence-corrected chi connectivity index (χ0v) is 12.6. The lowest BCUT2D eigenvalue weighted by atomic mass is 10.1. The highest BCUT2D eigenvalue weighted by Crippen LogP contribution is 2.09. The predicted molar refractivity (Wildman–Crippen MR) is 81.0 cm³/mol. The number of nitrogens with one attached hydrogen (secondary N) is 1. The maximum absolute atomic E-state index is 12.8. The molecule has 1 aromatic heterocycles. The average Bonchev–Trinajstić information content (AvgIpc) is 3.02. The molecule has 2 rings (SSSR count). The van der Waals surface area contributed by atoms with Crippen LogP contribution in [0.3, 0.4) is 0 Å². The standard InChI is InChI=1S/C17H16FNO4/c1-11(20)13-9-15(19-10-13)17(22)23-8-2-3-16(21)12-4-6-14(18)7-5-12/h4-7,9-10,19H,2-3,8H2,1H3. The van der Waals surface area contributed by atoms with Crippen molar-refractivity contribution in [1.29, 1.82) is 0 Å². The maximum atomic E-state index is 12.8. The number of carbonyl (C=O) groups excluding carboxylic acids is 3. The number of carbonyl (C=O) groups is 3. The van der Waals surface area contributed by atoms with E-state index in [-0.39, 0.29) is 30.3 Å². The van der Waals surface area contributed by atoms with Gasteiger partial charge in [-0.25, -0.2) is 9.18 Å². The van der Waals surface area contributed by atoms with Gasteiger partial charge in [-0.3, -0.25) is 9.59 Å². The Balaban J connectivity index is 1.76. The smallest absolute Gasteiger partial charge is 0.354 e. The maximum Gasteiger partial charge on any atom is 0.354 e. The third-order valence-corrected chi connectivity index (χ3v) is 3.26. The number of ether oxygens (including phenoxy) is 1. The van der Waals surface area contributed by atoms with Crippen LogP contribution in [0.25, 0.3) is 0 Å². The first-order valence-corrected chi connectivity index (χ1v) is 7.12. The van der Waals surface area contributed by atoms with E-state index in [4.69, 9.17) is 4.74 Å². The van der Waals surface area contributed by atoms with Gasteiger partial charge in [-0.05, 0) is 43.7 Å². The van der Waals surface area contributed by atoms with E-state index in [0.29, 0.717) is 17.5 Å². The second-order valence-corrected chi connectivity index (χ2v) is 5.03. The lowest BCUT2D eigenvalue weighted by Crippen LogP contribution is -2.08. The van der Waals surface area contributed by atoms with Gasteiger partial charge in [0.1, 0.15) is 11.5 Å². The van der Waals surface area contributed by atoms with Crippen LogP contribution in [-0.2, 0) is 4.74 Å². The fraction of sp³-hybridized carbons (Fsp3) is 0.235. The minimum Gasteiger partial charge on any atom is -0.461 e. The minimum absolute atomic E-state index is 0.0835. The van der Waals surface area contributed by atoms with Gasteiger partial charge in [-0.2, -0.15) is 0 Å². The van der Waals surface area contributed by atoms with Crippen LogP contribution in [-0.4, -0.2) is 29.1 Å². The molecule has 1 heterocycles. The summed E-state index contributed by atoms with van der Waals surface area (Å²) in [6.07, 6.45) is 2.00. The fourth-order valence-corrected chi connectivity index (χ4v) is 1.97. The molecule has 2 aromatic rings. The number of aromatic nitrogens is 1. The molecule has 0 aliphatic carbocycles. The number of benzene rings is 1. The Morgan fingerprint density at radius 1 is 1.13 bits per heavy atom. The van der Waals surface area contributed by atoms with Crippen LogP contribution in [0, 0.1) is 5.82 Å². The minimum atomic E-state index is -0.577. The summed E-state index contributed by atoms with van der Waals surface area (Å²) >= 11 is 0. The third kappa shape index (κ3) is 4.60. The van der Waals surface area contributed by atoms with Gasteiger partial charge < -0.3 is 9.72 Å². The van der Waals surface area contributed by atoms with Crippen LogP contribution in [0.1, 0.15) is 51.0 Å². The zero-order valence-electron chi connectivity index (χ0n) is 12.6. The summed E-state index contributed by atoms with van der Waals surface area (Å²) in [7, 11) is 0. The highest BCUT2D eigenvalue weighted by Gasteiger charge is 2.12. The van der Waals surface area contributed by atoms with E-state index in [0.717, 1.165) is 0 Å². The first-order valence-electron chi connectivity index (χ1n) is 7.12. The van der Waals surface area contributed by atoms with E-state index in [1.165, 1.54) is 43.5 Å². The molecule has 0 aliphatic rings. The molecule has 1 N–H and O–H groups in total. The summed E-state index contributed by atoms with van der Waals surface area (Å²) in [6, 6.07) is 6.72. The first-order chi connectivity index (χ1) is 11.0. The quantitative estimate of drug-likeness (QED) is 0.483. The number of rotatable bonds is 7. The Morgan fingerprint density at radius 2 is 1.83 bits per heavy atom. The molecule has 0 bridgehead atoms. The number of H-pyrrole nitrogens is 1. The number of aromatic amines is 1. The lowest BCUT2D eigenvalue weighted by molar-refractivity contribution is 0.0488. The molecule has 0 saturated carbocycles. The van der Waals surface area contributed by atoms with Crippen LogP contribution in [0.15, 0.2) is 36.5 Å². The Kier molecular flexibility index (Phi) is 5.41. The lowest BCUT2D eigenvalue weighted by Gasteiger charge is -2.03. The van der Waals surface area contributed by atoms with E-state index in [2.05, 4.69) is 4.98 Å². The second-order valence-electron chi connectivity index (χ2n) is 5.03. The summed E-state index contributed by atoms with van der Waals surface area (Å²) in [5.74, 6) is -1.26. The largest absolute Gasteiger partial charge is 0.461 e. The van der Waals surface area contributed by atoms with Gasteiger partial charge in [0, 0.05) is 23.7 Å². The molecule has 23 heavy (non-hydrogen) atoms. The number of ketones is 2. The van der Waals surface area contributed by atoms with Crippen molar-refractivity contribution >= 4 is 17.5 Å². The highest BCUT2D eigenvalue weighted by molar-refractivity contribution is 5.97. The summed E-state index contributed by atoms with van der Waals surface area (Å²) in [6.45, 7) is 1.49. The molecule has 5 nitrogen and oxygen atoms in total. The molecule has 6 heteroatoms. The second kappa shape index (κ2) is 7.49. The Hall–Kier alpha value is -2.76. The number of halogens is 1. The van der Waals surface area contributed by atoms with Crippen molar-refractivity contribution in [3.05, 3.63) is 59.2 Å². The number of hydrogen-bond donors (Lipinski definition) is 1. The van der Waals surface area contributed by atoms with Gasteiger partial charge in [-0.15, -0.1) is 0 Å². The third-order valence-electron chi connectivity index (χ3n) is 3.26. The van der Waals surface area contributed by atoms with E-state index in [9.17, 15) is 18.8 Å². The van der Waals surface area contributed by atoms with Crippen LogP contribution in [0.2, 0.25) is 0 Å². The van der Waals surface area contributed by atoms with Crippen molar-refractivity contribution in [2.75, 3.05) is 6.61 Å². The van der Waals surface area contributed by atoms with E-state index >= 15 is 0 Å². The van der Waals surface area contributed by atoms with Gasteiger partial charge >= 0.3 is 5.97 Å². The highest BCUT2D eigenvalue weighted by atomic mass is 19.1. The molecule has 0 aliphatic heterocycles. The molecule has 1 aromatic carbocycles. The topological polar surface area (TPSA) is 76.2 Å². The van der Waals surface area contributed by atoms with Gasteiger partial charge in [0.2, 0.25) is 0 Å². The molecule has 0 saturated heterocycles. The van der Waals surface area contributed by atoms with Crippen LogP contribution in [0.4, 0.5) is 4.39 Å². The zero-order chi connectivity index (χ0) is 16.8. The Bertz CT molecular complexity index is 718. The van der Waals surface area contributed by atoms with Crippen molar-refractivity contribution < 1.29 is 23.5 Å². The van der Waals surface area contributed by atoms with Crippen molar-refractivity contribution in [2.24, 2.45) is 0 Å². The van der Waals surface area contributed by atoms with E-state index < -0.39 is 11.8 Å². The van der Waals surface area contributed by atoms with Gasteiger partial charge in [0.05, 0.1) is 6.61 Å². The molecular weight excluding hydrogens is 301 g/mol. The number of Topliss-reactive ketones (excluding diaryl/α,β-unsaturated/α-hetero) is 2. The normalized spacial score (nSPS) is 10.3. The summed E-state index contributed by atoms with van der Waals surface area (Å²) < 4.78 is 17.8. The summed E-state index contributed by atoms with van der Waals surface area (Å²) in [5.41, 5.74) is 1.02. The number of esters is 1. The predicted octanol–water partition coefficient (Wildman–Crippen LogP) is 3.18. The number of hydrogen-bond acceptors (Lipinski definition) is 4. The molecule has 0 spiro atoms. The average molecular weight is 317 g/mol. The molecule has 0 atom stereocenters. The Labute approximate surface area is 132 Å². The van der Waals surface area contributed by atoms with Gasteiger partial charge in [-0.1, -0.05) is 0 Å². The molecule has 0 radical (unpaired) electrons. The SMILES string of the molecule is CC(=O)c1c[nH]c(C(=O)OCCCC(=O)c2ccc(F)cc2)c1. The Morgan fingerprint density at radius 3 is 2.43 bits per heavy atom. The molecule has 0 unspecified atom stereocenters. The molecule has 0 amide bonds. The summed E-state index contributed by atoms with van der Waals surface area (Å²) in [5, 5.41) is 0. The van der Waals surface area contributed by atoms with E-state index in [1.54, 1.807) is 0 Å². The van der Waals surface area contributed by atoms with Crippen molar-refractivity contribution in [1.82, 2.24) is 4.98 Å². The fourth-order valence-electron chi connectivity index (χ4n) is 1.97. The van der Waals surface area contributed by atoms with Crippen LogP contribution >= 0.6 is 0 Å². The van der Waals surface area contributed by atoms with Crippen LogP contribution in [0.5, 0.6) is 0 Å². The van der Waals surface area contributed by atoms with Crippen molar-refractivity contribution in [3.63, 3.8) is 0 Å². The van der Waals surface area contributed by atoms with Gasteiger partial charge in [0.15, 0.2) is 11.6 Å².